The Kier molecular flexibility index (Phi) is 6.88. The molecular formula is C24H26ClFN2O3. The van der Waals surface area contributed by atoms with Crippen molar-refractivity contribution < 1.29 is 18.7 Å². The molecule has 4 rings (SSSR count). The number of carbonyl (C=O) groups excluding carboxylic acids is 2. The van der Waals surface area contributed by atoms with Crippen molar-refractivity contribution in [3.05, 3.63) is 70.5 Å². The first kappa shape index (κ1) is 21.8. The maximum Gasteiger partial charge on any atom is 0.255 e. The second-order valence-corrected chi connectivity index (χ2v) is 8.53. The van der Waals surface area contributed by atoms with Crippen molar-refractivity contribution in [3.63, 3.8) is 0 Å². The summed E-state index contributed by atoms with van der Waals surface area (Å²) in [6.07, 6.45) is 3.77. The summed E-state index contributed by atoms with van der Waals surface area (Å²) in [7, 11) is 0. The van der Waals surface area contributed by atoms with Crippen LogP contribution in [0.2, 0.25) is 5.02 Å². The SMILES string of the molecule is O=C(c1ccccc1Cl)N1CCO[C@H](CN(C(=O)c2ccc(F)cc2)C2CCCC2)C1. The van der Waals surface area contributed by atoms with Crippen LogP contribution in [-0.2, 0) is 4.74 Å². The number of amides is 2. The fraction of sp³-hybridized carbons (Fsp3) is 0.417. The lowest BCUT2D eigenvalue weighted by Crippen LogP contribution is -2.52. The van der Waals surface area contributed by atoms with Crippen LogP contribution >= 0.6 is 11.6 Å². The summed E-state index contributed by atoms with van der Waals surface area (Å²) < 4.78 is 19.3. The van der Waals surface area contributed by atoms with Crippen molar-refractivity contribution in [1.82, 2.24) is 9.80 Å². The van der Waals surface area contributed by atoms with Crippen LogP contribution in [0.25, 0.3) is 0 Å². The van der Waals surface area contributed by atoms with Crippen molar-refractivity contribution in [2.75, 3.05) is 26.2 Å². The van der Waals surface area contributed by atoms with E-state index in [4.69, 9.17) is 16.3 Å². The Hall–Kier alpha value is -2.44. The van der Waals surface area contributed by atoms with E-state index >= 15 is 0 Å². The van der Waals surface area contributed by atoms with Gasteiger partial charge in [-0.25, -0.2) is 4.39 Å². The summed E-state index contributed by atoms with van der Waals surface area (Å²) in [5.74, 6) is -0.616. The Bertz CT molecular complexity index is 931. The van der Waals surface area contributed by atoms with Gasteiger partial charge in [0.15, 0.2) is 0 Å². The van der Waals surface area contributed by atoms with Gasteiger partial charge in [0.05, 0.1) is 23.3 Å². The standard InChI is InChI=1S/C24H26ClFN2O3/c25-22-8-4-3-7-21(22)24(30)27-13-14-31-20(15-27)16-28(19-5-1-2-6-19)23(29)17-9-11-18(26)12-10-17/h3-4,7-12,19-20H,1-2,5-6,13-16H2/t20-/m0/s1. The maximum absolute atomic E-state index is 13.3. The van der Waals surface area contributed by atoms with Gasteiger partial charge in [-0.05, 0) is 49.2 Å². The van der Waals surface area contributed by atoms with E-state index < -0.39 is 0 Å². The highest BCUT2D eigenvalue weighted by Gasteiger charge is 2.33. The summed E-state index contributed by atoms with van der Waals surface area (Å²) in [6.45, 7) is 1.68. The van der Waals surface area contributed by atoms with Gasteiger partial charge < -0.3 is 14.5 Å². The predicted molar refractivity (Wildman–Crippen MR) is 117 cm³/mol. The Morgan fingerprint density at radius 2 is 1.81 bits per heavy atom. The molecule has 2 amide bonds. The van der Waals surface area contributed by atoms with Gasteiger partial charge >= 0.3 is 0 Å². The molecular weight excluding hydrogens is 419 g/mol. The number of morpholine rings is 1. The van der Waals surface area contributed by atoms with Gasteiger partial charge in [0.2, 0.25) is 0 Å². The summed E-state index contributed by atoms with van der Waals surface area (Å²) in [5.41, 5.74) is 0.938. The third-order valence-corrected chi connectivity index (χ3v) is 6.38. The molecule has 1 saturated heterocycles. The number of carbonyl (C=O) groups is 2. The number of nitrogens with zero attached hydrogens (tertiary/aromatic N) is 2. The molecule has 2 aromatic carbocycles. The molecule has 1 atom stereocenters. The summed E-state index contributed by atoms with van der Waals surface area (Å²) in [6, 6.07) is 12.8. The van der Waals surface area contributed by atoms with Gasteiger partial charge in [-0.1, -0.05) is 36.6 Å². The molecule has 1 heterocycles. The molecule has 0 bridgehead atoms. The Morgan fingerprint density at radius 1 is 1.10 bits per heavy atom. The van der Waals surface area contributed by atoms with Gasteiger partial charge in [-0.3, -0.25) is 9.59 Å². The fourth-order valence-electron chi connectivity index (χ4n) is 4.41. The van der Waals surface area contributed by atoms with Crippen molar-refractivity contribution in [2.45, 2.75) is 37.8 Å². The largest absolute Gasteiger partial charge is 0.373 e. The zero-order chi connectivity index (χ0) is 21.8. The molecule has 7 heteroatoms. The zero-order valence-corrected chi connectivity index (χ0v) is 18.1. The minimum absolute atomic E-state index is 0.120. The number of benzene rings is 2. The molecule has 0 unspecified atom stereocenters. The van der Waals surface area contributed by atoms with Gasteiger partial charge in [-0.2, -0.15) is 0 Å². The van der Waals surface area contributed by atoms with E-state index in [0.717, 1.165) is 25.7 Å². The first-order valence-corrected chi connectivity index (χ1v) is 11.1. The van der Waals surface area contributed by atoms with E-state index in [1.165, 1.54) is 24.3 Å². The van der Waals surface area contributed by atoms with Gasteiger partial charge in [0, 0.05) is 31.2 Å². The third kappa shape index (κ3) is 5.08. The Labute approximate surface area is 186 Å². The molecule has 1 aliphatic carbocycles. The number of rotatable bonds is 5. The summed E-state index contributed by atoms with van der Waals surface area (Å²) in [5, 5.41) is 0.426. The van der Waals surface area contributed by atoms with Crippen molar-refractivity contribution in [2.24, 2.45) is 0 Å². The van der Waals surface area contributed by atoms with Crippen molar-refractivity contribution in [1.29, 1.82) is 0 Å². The topological polar surface area (TPSA) is 49.9 Å². The fourth-order valence-corrected chi connectivity index (χ4v) is 4.63. The average molecular weight is 445 g/mol. The molecule has 2 fully saturated rings. The number of halogens is 2. The smallest absolute Gasteiger partial charge is 0.255 e. The lowest BCUT2D eigenvalue weighted by Gasteiger charge is -2.38. The summed E-state index contributed by atoms with van der Waals surface area (Å²) >= 11 is 6.21. The molecule has 164 valence electrons. The lowest BCUT2D eigenvalue weighted by atomic mass is 10.1. The Morgan fingerprint density at radius 3 is 2.52 bits per heavy atom. The second-order valence-electron chi connectivity index (χ2n) is 8.13. The third-order valence-electron chi connectivity index (χ3n) is 6.05. The van der Waals surface area contributed by atoms with E-state index in [1.54, 1.807) is 29.2 Å². The highest BCUT2D eigenvalue weighted by Crippen LogP contribution is 2.26. The molecule has 1 aliphatic heterocycles. The number of hydrogen-bond acceptors (Lipinski definition) is 3. The van der Waals surface area contributed by atoms with Crippen LogP contribution in [0, 0.1) is 5.82 Å². The average Bonchev–Trinajstić information content (AvgIpc) is 3.32. The predicted octanol–water partition coefficient (Wildman–Crippen LogP) is 4.41. The van der Waals surface area contributed by atoms with Crippen LogP contribution in [0.3, 0.4) is 0 Å². The van der Waals surface area contributed by atoms with Crippen molar-refractivity contribution in [3.8, 4) is 0 Å². The molecule has 0 N–H and O–H groups in total. The minimum Gasteiger partial charge on any atom is -0.373 e. The zero-order valence-electron chi connectivity index (χ0n) is 17.3. The van der Waals surface area contributed by atoms with Crippen LogP contribution in [0.4, 0.5) is 4.39 Å². The quantitative estimate of drug-likeness (QED) is 0.686. The maximum atomic E-state index is 13.3. The van der Waals surface area contributed by atoms with Crippen LogP contribution < -0.4 is 0 Å². The molecule has 0 spiro atoms. The number of hydrogen-bond donors (Lipinski definition) is 0. The Balaban J connectivity index is 1.48. The second kappa shape index (κ2) is 9.79. The minimum atomic E-state index is -0.367. The highest BCUT2D eigenvalue weighted by molar-refractivity contribution is 6.33. The molecule has 1 saturated carbocycles. The van der Waals surface area contributed by atoms with Crippen molar-refractivity contribution >= 4 is 23.4 Å². The highest BCUT2D eigenvalue weighted by atomic mass is 35.5. The van der Waals surface area contributed by atoms with Gasteiger partial charge in [0.1, 0.15) is 5.82 Å². The molecule has 0 radical (unpaired) electrons. The molecule has 5 nitrogen and oxygen atoms in total. The first-order valence-electron chi connectivity index (χ1n) is 10.7. The van der Waals surface area contributed by atoms with Gasteiger partial charge in [-0.15, -0.1) is 0 Å². The first-order chi connectivity index (χ1) is 15.0. The lowest BCUT2D eigenvalue weighted by molar-refractivity contribution is -0.0370. The van der Waals surface area contributed by atoms with Crippen LogP contribution in [0.15, 0.2) is 48.5 Å². The van der Waals surface area contributed by atoms with E-state index in [1.807, 2.05) is 4.90 Å². The van der Waals surface area contributed by atoms with Crippen LogP contribution in [0.1, 0.15) is 46.4 Å². The van der Waals surface area contributed by atoms with E-state index in [0.29, 0.717) is 42.4 Å². The molecule has 2 aromatic rings. The normalized spacial score (nSPS) is 19.4. The van der Waals surface area contributed by atoms with E-state index in [9.17, 15) is 14.0 Å². The summed E-state index contributed by atoms with van der Waals surface area (Å²) in [4.78, 5) is 29.8. The molecule has 31 heavy (non-hydrogen) atoms. The van der Waals surface area contributed by atoms with E-state index in [2.05, 4.69) is 0 Å². The number of ether oxygens (including phenoxy) is 1. The molecule has 0 aromatic heterocycles. The van der Waals surface area contributed by atoms with Crippen LogP contribution in [0.5, 0.6) is 0 Å². The molecule has 2 aliphatic rings. The van der Waals surface area contributed by atoms with Crippen LogP contribution in [-0.4, -0.2) is 60.0 Å². The monoisotopic (exact) mass is 444 g/mol. The van der Waals surface area contributed by atoms with E-state index in [-0.39, 0.29) is 29.8 Å². The van der Waals surface area contributed by atoms with Gasteiger partial charge in [0.25, 0.3) is 11.8 Å².